The second kappa shape index (κ2) is 7.37. The number of rotatable bonds is 8. The molecule has 0 aromatic heterocycles. The van der Waals surface area contributed by atoms with E-state index in [0.29, 0.717) is 17.8 Å². The Balaban J connectivity index is 1.86. The largest absolute Gasteiger partial charge is 0.480 e. The van der Waals surface area contributed by atoms with Crippen LogP contribution < -0.4 is 5.32 Å². The molecule has 1 fully saturated rings. The van der Waals surface area contributed by atoms with E-state index in [1.54, 1.807) is 31.2 Å². The van der Waals surface area contributed by atoms with E-state index in [-0.39, 0.29) is 24.2 Å². The molecular weight excluding hydrogens is 296 g/mol. The topological polar surface area (TPSA) is 86.7 Å². The van der Waals surface area contributed by atoms with Crippen molar-refractivity contribution in [3.63, 3.8) is 0 Å². The van der Waals surface area contributed by atoms with Crippen molar-refractivity contribution in [2.45, 2.75) is 45.2 Å². The van der Waals surface area contributed by atoms with Gasteiger partial charge >= 0.3 is 5.97 Å². The number of amides is 1. The first-order valence-corrected chi connectivity index (χ1v) is 7.78. The van der Waals surface area contributed by atoms with Crippen molar-refractivity contribution in [3.8, 4) is 0 Å². The molecule has 6 heteroatoms. The lowest BCUT2D eigenvalue weighted by Crippen LogP contribution is -2.42. The summed E-state index contributed by atoms with van der Waals surface area (Å²) in [4.78, 5) is 36.2. The van der Waals surface area contributed by atoms with E-state index >= 15 is 0 Å². The third-order valence-electron chi connectivity index (χ3n) is 4.04. The average molecular weight is 318 g/mol. The zero-order valence-corrected chi connectivity index (χ0v) is 13.4. The summed E-state index contributed by atoms with van der Waals surface area (Å²) in [5.74, 6) is -1.05. The Morgan fingerprint density at radius 1 is 1.26 bits per heavy atom. The molecule has 124 valence electrons. The maximum Gasteiger partial charge on any atom is 0.320 e. The number of nitrogens with zero attached hydrogens (tertiary/aromatic N) is 1. The second-order valence-corrected chi connectivity index (χ2v) is 5.91. The Morgan fingerprint density at radius 3 is 2.35 bits per heavy atom. The van der Waals surface area contributed by atoms with E-state index in [4.69, 9.17) is 5.11 Å². The fourth-order valence-corrected chi connectivity index (χ4v) is 2.48. The molecular formula is C17H22N2O4. The molecule has 0 heterocycles. The monoisotopic (exact) mass is 318 g/mol. The average Bonchev–Trinajstić information content (AvgIpc) is 3.32. The first kappa shape index (κ1) is 17.1. The van der Waals surface area contributed by atoms with Crippen molar-refractivity contribution in [1.29, 1.82) is 0 Å². The molecule has 1 atom stereocenters. The smallest absolute Gasteiger partial charge is 0.320 e. The van der Waals surface area contributed by atoms with Gasteiger partial charge in [-0.1, -0.05) is 0 Å². The SMILES string of the molecule is CC(=O)c1ccc(NC(=O)CCN(C2CC2)C(C)C(=O)O)cc1. The van der Waals surface area contributed by atoms with Crippen LogP contribution in [-0.4, -0.2) is 46.3 Å². The van der Waals surface area contributed by atoms with Crippen molar-refractivity contribution in [1.82, 2.24) is 4.90 Å². The molecule has 1 amide bonds. The maximum absolute atomic E-state index is 12.0. The lowest BCUT2D eigenvalue weighted by molar-refractivity contribution is -0.143. The molecule has 23 heavy (non-hydrogen) atoms. The summed E-state index contributed by atoms with van der Waals surface area (Å²) in [5.41, 5.74) is 1.22. The molecule has 0 saturated heterocycles. The number of nitrogens with one attached hydrogen (secondary N) is 1. The fourth-order valence-electron chi connectivity index (χ4n) is 2.48. The molecule has 0 aliphatic heterocycles. The number of carboxylic acids is 1. The van der Waals surface area contributed by atoms with Crippen molar-refractivity contribution in [2.24, 2.45) is 0 Å². The number of carbonyl (C=O) groups is 3. The number of carbonyl (C=O) groups excluding carboxylic acids is 2. The molecule has 2 rings (SSSR count). The van der Waals surface area contributed by atoms with Gasteiger partial charge in [-0.3, -0.25) is 19.3 Å². The van der Waals surface area contributed by atoms with Crippen LogP contribution >= 0.6 is 0 Å². The highest BCUT2D eigenvalue weighted by molar-refractivity contribution is 5.95. The van der Waals surface area contributed by atoms with Crippen molar-refractivity contribution >= 4 is 23.3 Å². The number of aliphatic carboxylic acids is 1. The van der Waals surface area contributed by atoms with Gasteiger partial charge in [-0.25, -0.2) is 0 Å². The summed E-state index contributed by atoms with van der Waals surface area (Å²) in [6, 6.07) is 6.41. The van der Waals surface area contributed by atoms with Crippen LogP contribution in [0.1, 0.15) is 43.5 Å². The third kappa shape index (κ3) is 4.89. The first-order chi connectivity index (χ1) is 10.9. The Hall–Kier alpha value is -2.21. The zero-order valence-electron chi connectivity index (χ0n) is 13.4. The molecule has 0 spiro atoms. The maximum atomic E-state index is 12.0. The molecule has 1 aliphatic rings. The van der Waals surface area contributed by atoms with Crippen LogP contribution in [0.25, 0.3) is 0 Å². The van der Waals surface area contributed by atoms with Crippen LogP contribution in [0, 0.1) is 0 Å². The highest BCUT2D eigenvalue weighted by atomic mass is 16.4. The predicted molar refractivity (Wildman–Crippen MR) is 86.5 cm³/mol. The Bertz CT molecular complexity index is 593. The van der Waals surface area contributed by atoms with Gasteiger partial charge in [0.05, 0.1) is 0 Å². The minimum atomic E-state index is -0.864. The molecule has 1 aliphatic carbocycles. The summed E-state index contributed by atoms with van der Waals surface area (Å²) in [6.07, 6.45) is 2.22. The first-order valence-electron chi connectivity index (χ1n) is 7.78. The number of carboxylic acid groups (broad SMARTS) is 1. The van der Waals surface area contributed by atoms with Gasteiger partial charge < -0.3 is 10.4 Å². The summed E-state index contributed by atoms with van der Waals surface area (Å²) in [5, 5.41) is 11.9. The molecule has 2 N–H and O–H groups in total. The van der Waals surface area contributed by atoms with E-state index < -0.39 is 12.0 Å². The standard InChI is InChI=1S/C17H22N2O4/c1-11(17(22)23)19(15-7-8-15)10-9-16(21)18-14-5-3-13(4-6-14)12(2)20/h3-6,11,15H,7-10H2,1-2H3,(H,18,21)(H,22,23). The lowest BCUT2D eigenvalue weighted by atomic mass is 10.1. The molecule has 1 saturated carbocycles. The summed E-state index contributed by atoms with van der Waals surface area (Å²) in [7, 11) is 0. The normalized spacial score (nSPS) is 15.3. The van der Waals surface area contributed by atoms with E-state index in [1.165, 1.54) is 6.92 Å². The highest BCUT2D eigenvalue weighted by Gasteiger charge is 2.34. The van der Waals surface area contributed by atoms with Crippen LogP contribution in [0.4, 0.5) is 5.69 Å². The van der Waals surface area contributed by atoms with E-state index in [9.17, 15) is 14.4 Å². The van der Waals surface area contributed by atoms with Gasteiger partial charge in [-0.2, -0.15) is 0 Å². The van der Waals surface area contributed by atoms with Crippen LogP contribution in [-0.2, 0) is 9.59 Å². The minimum Gasteiger partial charge on any atom is -0.480 e. The van der Waals surface area contributed by atoms with Crippen molar-refractivity contribution in [3.05, 3.63) is 29.8 Å². The van der Waals surface area contributed by atoms with Gasteiger partial charge in [0.25, 0.3) is 0 Å². The van der Waals surface area contributed by atoms with E-state index in [2.05, 4.69) is 5.32 Å². The quantitative estimate of drug-likeness (QED) is 0.717. The molecule has 1 aromatic rings. The minimum absolute atomic E-state index is 0.0226. The van der Waals surface area contributed by atoms with Gasteiger partial charge in [0.2, 0.25) is 5.91 Å². The van der Waals surface area contributed by atoms with Gasteiger partial charge in [0.15, 0.2) is 5.78 Å². The Labute approximate surface area is 135 Å². The van der Waals surface area contributed by atoms with Crippen LogP contribution in [0.3, 0.4) is 0 Å². The molecule has 6 nitrogen and oxygen atoms in total. The van der Waals surface area contributed by atoms with Crippen LogP contribution in [0.2, 0.25) is 0 Å². The molecule has 1 aromatic carbocycles. The zero-order chi connectivity index (χ0) is 17.0. The molecule has 0 bridgehead atoms. The number of Topliss-reactive ketones (excluding diaryl/α,β-unsaturated/α-hetero) is 1. The summed E-state index contributed by atoms with van der Waals surface area (Å²) >= 11 is 0. The third-order valence-corrected chi connectivity index (χ3v) is 4.04. The summed E-state index contributed by atoms with van der Waals surface area (Å²) in [6.45, 7) is 3.57. The number of ketones is 1. The van der Waals surface area contributed by atoms with E-state index in [0.717, 1.165) is 12.8 Å². The van der Waals surface area contributed by atoms with Gasteiger partial charge in [-0.05, 0) is 51.0 Å². The van der Waals surface area contributed by atoms with Crippen molar-refractivity contribution < 1.29 is 19.5 Å². The van der Waals surface area contributed by atoms with Crippen LogP contribution in [0.5, 0.6) is 0 Å². The fraction of sp³-hybridized carbons (Fsp3) is 0.471. The number of anilines is 1. The molecule has 1 unspecified atom stereocenters. The Kier molecular flexibility index (Phi) is 5.50. The number of hydrogen-bond donors (Lipinski definition) is 2. The Morgan fingerprint density at radius 2 is 1.87 bits per heavy atom. The van der Waals surface area contributed by atoms with Gasteiger partial charge in [0.1, 0.15) is 6.04 Å². The summed E-state index contributed by atoms with van der Waals surface area (Å²) < 4.78 is 0. The van der Waals surface area contributed by atoms with Gasteiger partial charge in [-0.15, -0.1) is 0 Å². The number of benzene rings is 1. The molecule has 0 radical (unpaired) electrons. The van der Waals surface area contributed by atoms with Gasteiger partial charge in [0, 0.05) is 30.3 Å². The number of hydrogen-bond acceptors (Lipinski definition) is 4. The lowest BCUT2D eigenvalue weighted by Gasteiger charge is -2.25. The van der Waals surface area contributed by atoms with Crippen molar-refractivity contribution in [2.75, 3.05) is 11.9 Å². The predicted octanol–water partition coefficient (Wildman–Crippen LogP) is 2.16. The van der Waals surface area contributed by atoms with Crippen LogP contribution in [0.15, 0.2) is 24.3 Å². The highest BCUT2D eigenvalue weighted by Crippen LogP contribution is 2.28. The second-order valence-electron chi connectivity index (χ2n) is 5.91. The van der Waals surface area contributed by atoms with E-state index in [1.807, 2.05) is 4.90 Å².